The summed E-state index contributed by atoms with van der Waals surface area (Å²) in [6, 6.07) is 3.71. The van der Waals surface area contributed by atoms with E-state index < -0.39 is 9.84 Å². The summed E-state index contributed by atoms with van der Waals surface area (Å²) in [5, 5.41) is 3.04. The van der Waals surface area contributed by atoms with E-state index in [-0.39, 0.29) is 11.3 Å². The monoisotopic (exact) mass is 271 g/mol. The molecule has 0 saturated carbocycles. The van der Waals surface area contributed by atoms with Crippen molar-refractivity contribution >= 4 is 9.84 Å². The number of hydrogen-bond acceptors (Lipinski definition) is 4. The van der Waals surface area contributed by atoms with E-state index in [4.69, 9.17) is 4.42 Å². The number of sulfone groups is 1. The Morgan fingerprint density at radius 1 is 1.50 bits per heavy atom. The summed E-state index contributed by atoms with van der Waals surface area (Å²) < 4.78 is 29.6. The summed E-state index contributed by atoms with van der Waals surface area (Å²) in [7, 11) is -2.95. The van der Waals surface area contributed by atoms with E-state index in [2.05, 4.69) is 5.32 Å². The van der Waals surface area contributed by atoms with Gasteiger partial charge in [0.15, 0.2) is 9.84 Å². The van der Waals surface area contributed by atoms with Crippen molar-refractivity contribution in [1.29, 1.82) is 0 Å². The van der Waals surface area contributed by atoms with E-state index in [0.717, 1.165) is 31.6 Å². The predicted octanol–water partition coefficient (Wildman–Crippen LogP) is 1.77. The molecular formula is C13H21NO3S. The molecule has 1 aliphatic rings. The Bertz CT molecular complexity index is 453. The van der Waals surface area contributed by atoms with Crippen LogP contribution in [-0.4, -0.2) is 32.0 Å². The van der Waals surface area contributed by atoms with Crippen LogP contribution in [0.4, 0.5) is 0 Å². The SMILES string of the molecule is CCNC(Cc1ccco1)C1CCCCS1(=O)=O. The number of rotatable bonds is 5. The summed E-state index contributed by atoms with van der Waals surface area (Å²) in [5.74, 6) is 1.18. The zero-order chi connectivity index (χ0) is 13.0. The molecule has 5 heteroatoms. The van der Waals surface area contributed by atoms with Crippen molar-refractivity contribution in [3.63, 3.8) is 0 Å². The van der Waals surface area contributed by atoms with Crippen LogP contribution in [0.1, 0.15) is 31.9 Å². The molecule has 1 aromatic rings. The van der Waals surface area contributed by atoms with Gasteiger partial charge in [-0.25, -0.2) is 8.42 Å². The zero-order valence-corrected chi connectivity index (χ0v) is 11.6. The Balaban J connectivity index is 2.13. The fourth-order valence-electron chi connectivity index (χ4n) is 2.67. The van der Waals surface area contributed by atoms with Gasteiger partial charge in [0, 0.05) is 12.5 Å². The number of nitrogens with one attached hydrogen (secondary N) is 1. The molecule has 2 rings (SSSR count). The maximum absolute atomic E-state index is 12.2. The van der Waals surface area contributed by atoms with Gasteiger partial charge in [-0.2, -0.15) is 0 Å². The third-order valence-electron chi connectivity index (χ3n) is 3.55. The van der Waals surface area contributed by atoms with Crippen molar-refractivity contribution in [2.45, 2.75) is 43.9 Å². The van der Waals surface area contributed by atoms with E-state index >= 15 is 0 Å². The lowest BCUT2D eigenvalue weighted by molar-refractivity contribution is 0.407. The van der Waals surface area contributed by atoms with Gasteiger partial charge in [-0.05, 0) is 31.5 Å². The highest BCUT2D eigenvalue weighted by Gasteiger charge is 2.35. The quantitative estimate of drug-likeness (QED) is 0.886. The van der Waals surface area contributed by atoms with E-state index in [1.165, 1.54) is 0 Å². The maximum Gasteiger partial charge on any atom is 0.154 e. The summed E-state index contributed by atoms with van der Waals surface area (Å²) in [6.07, 6.45) is 4.85. The molecule has 0 radical (unpaired) electrons. The third kappa shape index (κ3) is 3.14. The highest BCUT2D eigenvalue weighted by molar-refractivity contribution is 7.92. The van der Waals surface area contributed by atoms with Crippen LogP contribution in [0.2, 0.25) is 0 Å². The molecule has 18 heavy (non-hydrogen) atoms. The van der Waals surface area contributed by atoms with Gasteiger partial charge < -0.3 is 9.73 Å². The van der Waals surface area contributed by atoms with Gasteiger partial charge in [0.05, 0.1) is 17.3 Å². The molecule has 0 amide bonds. The van der Waals surface area contributed by atoms with Crippen molar-refractivity contribution in [1.82, 2.24) is 5.32 Å². The van der Waals surface area contributed by atoms with Crippen LogP contribution in [0.25, 0.3) is 0 Å². The van der Waals surface area contributed by atoms with Crippen LogP contribution < -0.4 is 5.32 Å². The molecule has 1 saturated heterocycles. The number of furan rings is 1. The highest BCUT2D eigenvalue weighted by atomic mass is 32.2. The van der Waals surface area contributed by atoms with Gasteiger partial charge in [-0.15, -0.1) is 0 Å². The molecule has 0 bridgehead atoms. The fraction of sp³-hybridized carbons (Fsp3) is 0.692. The Kier molecular flexibility index (Phi) is 4.45. The van der Waals surface area contributed by atoms with E-state index in [1.807, 2.05) is 19.1 Å². The summed E-state index contributed by atoms with van der Waals surface area (Å²) in [4.78, 5) is 0. The topological polar surface area (TPSA) is 59.3 Å². The third-order valence-corrected chi connectivity index (χ3v) is 5.89. The van der Waals surface area contributed by atoms with Crippen molar-refractivity contribution in [2.75, 3.05) is 12.3 Å². The van der Waals surface area contributed by atoms with Crippen LogP contribution in [0.3, 0.4) is 0 Å². The zero-order valence-electron chi connectivity index (χ0n) is 10.8. The Labute approximate surface area is 109 Å². The average molecular weight is 271 g/mol. The van der Waals surface area contributed by atoms with E-state index in [9.17, 15) is 8.42 Å². The number of likely N-dealkylation sites (N-methyl/N-ethyl adjacent to an activating group) is 1. The van der Waals surface area contributed by atoms with Gasteiger partial charge >= 0.3 is 0 Å². The molecule has 1 fully saturated rings. The lowest BCUT2D eigenvalue weighted by Gasteiger charge is -2.30. The molecule has 0 spiro atoms. The molecule has 102 valence electrons. The maximum atomic E-state index is 12.2. The molecule has 0 aliphatic carbocycles. The second kappa shape index (κ2) is 5.89. The van der Waals surface area contributed by atoms with Gasteiger partial charge in [0.1, 0.15) is 5.76 Å². The lowest BCUT2D eigenvalue weighted by atomic mass is 10.0. The van der Waals surface area contributed by atoms with E-state index in [0.29, 0.717) is 12.2 Å². The minimum Gasteiger partial charge on any atom is -0.469 e. The van der Waals surface area contributed by atoms with Crippen molar-refractivity contribution in [2.24, 2.45) is 0 Å². The molecule has 4 nitrogen and oxygen atoms in total. The smallest absolute Gasteiger partial charge is 0.154 e. The second-order valence-corrected chi connectivity index (χ2v) is 7.19. The van der Waals surface area contributed by atoms with Gasteiger partial charge in [-0.1, -0.05) is 13.3 Å². The van der Waals surface area contributed by atoms with Crippen molar-refractivity contribution in [3.8, 4) is 0 Å². The average Bonchev–Trinajstić information content (AvgIpc) is 2.81. The fourth-order valence-corrected chi connectivity index (χ4v) is 4.80. The summed E-state index contributed by atoms with van der Waals surface area (Å²) in [6.45, 7) is 2.78. The van der Waals surface area contributed by atoms with Crippen LogP contribution in [-0.2, 0) is 16.3 Å². The molecule has 2 unspecified atom stereocenters. The molecule has 2 atom stereocenters. The molecule has 0 aromatic carbocycles. The Morgan fingerprint density at radius 2 is 2.33 bits per heavy atom. The predicted molar refractivity (Wildman–Crippen MR) is 71.3 cm³/mol. The van der Waals surface area contributed by atoms with Crippen LogP contribution in [0, 0.1) is 0 Å². The minimum atomic E-state index is -2.95. The van der Waals surface area contributed by atoms with Gasteiger partial charge in [0.2, 0.25) is 0 Å². The second-order valence-electron chi connectivity index (χ2n) is 4.85. The Morgan fingerprint density at radius 3 is 2.94 bits per heavy atom. The minimum absolute atomic E-state index is 0.0357. The first-order chi connectivity index (χ1) is 8.63. The lowest BCUT2D eigenvalue weighted by Crippen LogP contribution is -2.47. The van der Waals surface area contributed by atoms with E-state index in [1.54, 1.807) is 6.26 Å². The molecule has 1 aliphatic heterocycles. The van der Waals surface area contributed by atoms with Crippen LogP contribution in [0.5, 0.6) is 0 Å². The first-order valence-corrected chi connectivity index (χ1v) is 8.32. The van der Waals surface area contributed by atoms with Crippen molar-refractivity contribution < 1.29 is 12.8 Å². The highest BCUT2D eigenvalue weighted by Crippen LogP contribution is 2.24. The molecular weight excluding hydrogens is 250 g/mol. The van der Waals surface area contributed by atoms with Crippen molar-refractivity contribution in [3.05, 3.63) is 24.2 Å². The summed E-state index contributed by atoms with van der Waals surface area (Å²) >= 11 is 0. The number of hydrogen-bond donors (Lipinski definition) is 1. The van der Waals surface area contributed by atoms with Crippen LogP contribution >= 0.6 is 0 Å². The van der Waals surface area contributed by atoms with Gasteiger partial charge in [0.25, 0.3) is 0 Å². The molecule has 1 aromatic heterocycles. The largest absolute Gasteiger partial charge is 0.469 e. The molecule has 1 N–H and O–H groups in total. The molecule has 2 heterocycles. The van der Waals surface area contributed by atoms with Gasteiger partial charge in [-0.3, -0.25) is 0 Å². The summed E-state index contributed by atoms with van der Waals surface area (Å²) in [5.41, 5.74) is 0. The first kappa shape index (κ1) is 13.6. The standard InChI is InChI=1S/C13H21NO3S/c1-2-14-12(10-11-6-5-8-17-11)13-7-3-4-9-18(13,15)16/h5-6,8,12-14H,2-4,7,9-10H2,1H3. The van der Waals surface area contributed by atoms with Crippen LogP contribution in [0.15, 0.2) is 22.8 Å². The normalized spacial score (nSPS) is 24.8. The first-order valence-electron chi connectivity index (χ1n) is 6.61. The Hall–Kier alpha value is -0.810.